The molecule has 0 N–H and O–H groups in total. The van der Waals surface area contributed by atoms with Gasteiger partial charge in [-0.15, -0.1) is 0 Å². The summed E-state index contributed by atoms with van der Waals surface area (Å²) in [6, 6.07) is 5.43. The highest BCUT2D eigenvalue weighted by Gasteiger charge is 2.23. The molecule has 1 aromatic rings. The molecule has 0 heterocycles. The van der Waals surface area contributed by atoms with Crippen molar-refractivity contribution in [2.75, 3.05) is 0 Å². The van der Waals surface area contributed by atoms with Crippen molar-refractivity contribution < 1.29 is 13.2 Å². The van der Waals surface area contributed by atoms with Crippen LogP contribution in [0.4, 0.5) is 13.2 Å². The average molecular weight is 317 g/mol. The van der Waals surface area contributed by atoms with Crippen molar-refractivity contribution >= 4 is 17.7 Å². The first-order valence-corrected chi connectivity index (χ1v) is 7.82. The number of rotatable bonds is 3. The summed E-state index contributed by atoms with van der Waals surface area (Å²) in [6.07, 6.45) is 2.93. The van der Waals surface area contributed by atoms with Crippen LogP contribution < -0.4 is 0 Å². The van der Waals surface area contributed by atoms with E-state index in [2.05, 4.69) is 6.92 Å². The van der Waals surface area contributed by atoms with Gasteiger partial charge in [0.2, 0.25) is 0 Å². The Morgan fingerprint density at radius 1 is 1.19 bits per heavy atom. The Hall–Kier alpha value is -0.960. The second kappa shape index (κ2) is 6.87. The van der Waals surface area contributed by atoms with Gasteiger partial charge >= 0.3 is 6.18 Å². The Morgan fingerprint density at radius 2 is 1.86 bits per heavy atom. The molecule has 0 nitrogen and oxygen atoms in total. The van der Waals surface area contributed by atoms with Crippen molar-refractivity contribution in [3.8, 4) is 0 Å². The maximum atomic E-state index is 12.2. The molecule has 0 amide bonds. The molecule has 1 aliphatic rings. The third-order valence-corrected chi connectivity index (χ3v) is 4.70. The molecular weight excluding hydrogens is 297 g/mol. The molecule has 21 heavy (non-hydrogen) atoms. The second-order valence-corrected chi connectivity index (χ2v) is 6.19. The molecule has 0 unspecified atom stereocenters. The van der Waals surface area contributed by atoms with Crippen LogP contribution in [0.25, 0.3) is 6.08 Å². The molecule has 0 saturated heterocycles. The number of hydrogen-bond donors (Lipinski definition) is 0. The summed E-state index contributed by atoms with van der Waals surface area (Å²) in [5.74, 6) is 1.32. The van der Waals surface area contributed by atoms with Crippen molar-refractivity contribution in [1.82, 2.24) is 0 Å². The maximum Gasteiger partial charge on any atom is 0.409 e. The molecule has 1 aromatic carbocycles. The predicted octanol–water partition coefficient (Wildman–Crippen LogP) is 6.60. The first kappa shape index (κ1) is 16.4. The highest BCUT2D eigenvalue weighted by atomic mass is 35.5. The minimum atomic E-state index is -4.31. The Morgan fingerprint density at radius 3 is 2.38 bits per heavy atom. The van der Waals surface area contributed by atoms with Crippen LogP contribution in [0.3, 0.4) is 0 Å². The smallest absolute Gasteiger partial charge is 0.167 e. The summed E-state index contributed by atoms with van der Waals surface area (Å²) in [6.45, 7) is 2.23. The maximum absolute atomic E-state index is 12.2. The van der Waals surface area contributed by atoms with Gasteiger partial charge in [0.1, 0.15) is 0 Å². The van der Waals surface area contributed by atoms with Crippen LogP contribution in [-0.2, 0) is 0 Å². The van der Waals surface area contributed by atoms with Crippen LogP contribution in [0.2, 0.25) is 5.02 Å². The summed E-state index contributed by atoms with van der Waals surface area (Å²) in [5.41, 5.74) is 1.57. The molecule has 4 heteroatoms. The molecular formula is C17H20ClF3. The lowest BCUT2D eigenvalue weighted by Gasteiger charge is -2.28. The van der Waals surface area contributed by atoms with E-state index < -0.39 is 6.18 Å². The van der Waals surface area contributed by atoms with Gasteiger partial charge in [-0.2, -0.15) is 13.2 Å². The zero-order valence-electron chi connectivity index (χ0n) is 12.1. The quantitative estimate of drug-likeness (QED) is 0.589. The minimum Gasteiger partial charge on any atom is -0.167 e. The second-order valence-electron chi connectivity index (χ2n) is 5.78. The fourth-order valence-electron chi connectivity index (χ4n) is 3.02. The lowest BCUT2D eigenvalue weighted by molar-refractivity contribution is -0.0790. The largest absolute Gasteiger partial charge is 0.409 e. The Balaban J connectivity index is 2.07. The van der Waals surface area contributed by atoms with E-state index in [9.17, 15) is 13.2 Å². The van der Waals surface area contributed by atoms with Gasteiger partial charge in [-0.1, -0.05) is 37.1 Å². The summed E-state index contributed by atoms with van der Waals surface area (Å²) in [5, 5.41) is 0.394. The van der Waals surface area contributed by atoms with E-state index in [4.69, 9.17) is 11.6 Å². The Kier molecular flexibility index (Phi) is 5.37. The van der Waals surface area contributed by atoms with E-state index in [1.54, 1.807) is 6.07 Å². The molecule has 1 aliphatic carbocycles. The van der Waals surface area contributed by atoms with Gasteiger partial charge in [-0.05, 0) is 60.8 Å². The zero-order valence-corrected chi connectivity index (χ0v) is 12.8. The van der Waals surface area contributed by atoms with E-state index in [0.717, 1.165) is 30.4 Å². The molecule has 2 rings (SSSR count). The third kappa shape index (κ3) is 4.77. The molecule has 0 aromatic heterocycles. The highest BCUT2D eigenvalue weighted by molar-refractivity contribution is 6.32. The topological polar surface area (TPSA) is 0 Å². The highest BCUT2D eigenvalue weighted by Crippen LogP contribution is 2.38. The van der Waals surface area contributed by atoms with E-state index in [0.29, 0.717) is 16.5 Å². The normalized spacial score (nSPS) is 23.7. The van der Waals surface area contributed by atoms with E-state index in [1.165, 1.54) is 19.3 Å². The van der Waals surface area contributed by atoms with Crippen LogP contribution >= 0.6 is 11.6 Å². The molecule has 0 bridgehead atoms. The number of hydrogen-bond acceptors (Lipinski definition) is 0. The van der Waals surface area contributed by atoms with Gasteiger partial charge < -0.3 is 0 Å². The van der Waals surface area contributed by atoms with Gasteiger partial charge in [-0.25, -0.2) is 0 Å². The summed E-state index contributed by atoms with van der Waals surface area (Å²) in [7, 11) is 0. The van der Waals surface area contributed by atoms with Gasteiger partial charge in [-0.3, -0.25) is 0 Å². The van der Waals surface area contributed by atoms with Crippen LogP contribution in [-0.4, -0.2) is 6.18 Å². The molecule has 0 radical (unpaired) electrons. The summed E-state index contributed by atoms with van der Waals surface area (Å²) >= 11 is 6.11. The zero-order chi connectivity index (χ0) is 15.5. The fraction of sp³-hybridized carbons (Fsp3) is 0.529. The van der Waals surface area contributed by atoms with Gasteiger partial charge in [0.15, 0.2) is 0 Å². The Labute approximate surface area is 129 Å². The lowest BCUT2D eigenvalue weighted by atomic mass is 9.78. The molecule has 0 atom stereocenters. The number of halogens is 4. The molecule has 0 spiro atoms. The predicted molar refractivity (Wildman–Crippen MR) is 81.5 cm³/mol. The standard InChI is InChI=1S/C17H20ClF3/c1-2-12-3-5-13(6-4-12)15-8-7-14(16(18)11-15)9-10-17(19,20)21/h7-13H,2-6H2,1H3/b10-9+. The fourth-order valence-corrected chi connectivity index (χ4v) is 3.27. The van der Waals surface area contributed by atoms with Crippen LogP contribution in [0.1, 0.15) is 56.1 Å². The number of benzene rings is 1. The lowest BCUT2D eigenvalue weighted by Crippen LogP contribution is -2.12. The molecule has 116 valence electrons. The number of allylic oxidation sites excluding steroid dienone is 1. The Bertz CT molecular complexity index is 497. The number of alkyl halides is 3. The van der Waals surface area contributed by atoms with Crippen molar-refractivity contribution in [3.63, 3.8) is 0 Å². The minimum absolute atomic E-state index is 0.223. The van der Waals surface area contributed by atoms with E-state index in [1.807, 2.05) is 12.1 Å². The monoisotopic (exact) mass is 316 g/mol. The van der Waals surface area contributed by atoms with E-state index in [-0.39, 0.29) is 6.08 Å². The van der Waals surface area contributed by atoms with Crippen molar-refractivity contribution in [2.24, 2.45) is 5.92 Å². The summed E-state index contributed by atoms with van der Waals surface area (Å²) in [4.78, 5) is 0. The third-order valence-electron chi connectivity index (χ3n) is 4.37. The molecule has 1 fully saturated rings. The van der Waals surface area contributed by atoms with Crippen molar-refractivity contribution in [3.05, 3.63) is 40.4 Å². The van der Waals surface area contributed by atoms with Crippen LogP contribution in [0, 0.1) is 5.92 Å². The summed E-state index contributed by atoms with van der Waals surface area (Å²) < 4.78 is 36.6. The SMILES string of the molecule is CCC1CCC(c2ccc(/C=C/C(F)(F)F)c(Cl)c2)CC1. The van der Waals surface area contributed by atoms with Crippen molar-refractivity contribution in [1.29, 1.82) is 0 Å². The first-order valence-electron chi connectivity index (χ1n) is 7.44. The average Bonchev–Trinajstić information content (AvgIpc) is 2.45. The van der Waals surface area contributed by atoms with Gasteiger partial charge in [0.25, 0.3) is 0 Å². The molecule has 0 aliphatic heterocycles. The van der Waals surface area contributed by atoms with Crippen LogP contribution in [0.5, 0.6) is 0 Å². The first-order chi connectivity index (χ1) is 9.89. The van der Waals surface area contributed by atoms with Crippen molar-refractivity contribution in [2.45, 2.75) is 51.1 Å². The van der Waals surface area contributed by atoms with Gasteiger partial charge in [0, 0.05) is 11.1 Å². The molecule has 1 saturated carbocycles. The van der Waals surface area contributed by atoms with Crippen LogP contribution in [0.15, 0.2) is 24.3 Å². The van der Waals surface area contributed by atoms with E-state index >= 15 is 0 Å². The van der Waals surface area contributed by atoms with Gasteiger partial charge in [0.05, 0.1) is 0 Å².